The van der Waals surface area contributed by atoms with Crippen LogP contribution in [-0.2, 0) is 0 Å². The second-order valence-corrected chi connectivity index (χ2v) is 3.49. The molecule has 2 nitrogen and oxygen atoms in total. The Bertz CT molecular complexity index is 91.7. The monoisotopic (exact) mass is 156 g/mol. The first-order valence-electron chi connectivity index (χ1n) is 4.83. The molecular formula is C9H20N2. The first kappa shape index (κ1) is 9.01. The van der Waals surface area contributed by atoms with Gasteiger partial charge >= 0.3 is 0 Å². The van der Waals surface area contributed by atoms with Crippen molar-refractivity contribution in [3.8, 4) is 0 Å². The van der Waals surface area contributed by atoms with Crippen molar-refractivity contribution < 1.29 is 0 Å². The maximum absolute atomic E-state index is 5.63. The molecule has 0 aromatic carbocycles. The lowest BCUT2D eigenvalue weighted by atomic mass is 10.1. The van der Waals surface area contributed by atoms with Crippen LogP contribution in [-0.4, -0.2) is 18.6 Å². The molecule has 0 spiro atoms. The van der Waals surface area contributed by atoms with E-state index >= 15 is 0 Å². The summed E-state index contributed by atoms with van der Waals surface area (Å²) in [7, 11) is 0. The Balaban J connectivity index is 2.33. The smallest absolute Gasteiger partial charge is 0.0192 e. The van der Waals surface area contributed by atoms with Crippen molar-refractivity contribution in [2.45, 2.75) is 51.1 Å². The molecule has 2 heteroatoms. The van der Waals surface area contributed by atoms with E-state index in [-0.39, 0.29) is 0 Å². The van der Waals surface area contributed by atoms with Crippen LogP contribution >= 0.6 is 0 Å². The third-order valence-electron chi connectivity index (χ3n) is 2.60. The van der Waals surface area contributed by atoms with E-state index < -0.39 is 0 Å². The van der Waals surface area contributed by atoms with Gasteiger partial charge in [-0.25, -0.2) is 0 Å². The van der Waals surface area contributed by atoms with Gasteiger partial charge in [-0.1, -0.05) is 19.8 Å². The predicted octanol–water partition coefficient (Wildman–Crippen LogP) is 1.26. The summed E-state index contributed by atoms with van der Waals surface area (Å²) in [6.07, 6.45) is 6.59. The van der Waals surface area contributed by atoms with Gasteiger partial charge in [0.25, 0.3) is 0 Å². The highest BCUT2D eigenvalue weighted by atomic mass is 15.0. The minimum absolute atomic E-state index is 0.586. The summed E-state index contributed by atoms with van der Waals surface area (Å²) in [5, 5.41) is 3.59. The van der Waals surface area contributed by atoms with Crippen molar-refractivity contribution in [1.29, 1.82) is 0 Å². The number of rotatable bonds is 2. The van der Waals surface area contributed by atoms with E-state index in [1.165, 1.54) is 32.1 Å². The second-order valence-electron chi connectivity index (χ2n) is 3.49. The molecule has 0 aromatic heterocycles. The van der Waals surface area contributed by atoms with E-state index in [0.717, 1.165) is 12.6 Å². The van der Waals surface area contributed by atoms with Gasteiger partial charge < -0.3 is 11.1 Å². The second kappa shape index (κ2) is 4.73. The zero-order chi connectivity index (χ0) is 8.10. The van der Waals surface area contributed by atoms with Crippen molar-refractivity contribution in [1.82, 2.24) is 5.32 Å². The first-order valence-corrected chi connectivity index (χ1v) is 4.83. The van der Waals surface area contributed by atoms with Crippen LogP contribution in [0.15, 0.2) is 0 Å². The fourth-order valence-corrected chi connectivity index (χ4v) is 1.79. The minimum atomic E-state index is 0.586. The van der Waals surface area contributed by atoms with Crippen LogP contribution in [0.3, 0.4) is 0 Å². The maximum atomic E-state index is 5.63. The number of nitrogens with two attached hydrogens (primary N) is 1. The molecule has 1 aliphatic heterocycles. The Morgan fingerprint density at radius 1 is 1.27 bits per heavy atom. The van der Waals surface area contributed by atoms with Gasteiger partial charge in [-0.3, -0.25) is 0 Å². The molecule has 2 atom stereocenters. The molecule has 1 fully saturated rings. The molecule has 0 bridgehead atoms. The van der Waals surface area contributed by atoms with E-state index in [2.05, 4.69) is 12.2 Å². The molecule has 0 aromatic rings. The van der Waals surface area contributed by atoms with Crippen LogP contribution < -0.4 is 11.1 Å². The third-order valence-corrected chi connectivity index (χ3v) is 2.60. The largest absolute Gasteiger partial charge is 0.329 e. The van der Waals surface area contributed by atoms with Crippen molar-refractivity contribution in [3.63, 3.8) is 0 Å². The molecule has 0 aliphatic carbocycles. The Morgan fingerprint density at radius 2 is 1.91 bits per heavy atom. The zero-order valence-electron chi connectivity index (χ0n) is 7.47. The van der Waals surface area contributed by atoms with Crippen molar-refractivity contribution in [2.75, 3.05) is 6.54 Å². The van der Waals surface area contributed by atoms with Gasteiger partial charge in [-0.05, 0) is 19.3 Å². The first-order chi connectivity index (χ1) is 5.36. The summed E-state index contributed by atoms with van der Waals surface area (Å²) >= 11 is 0. The average molecular weight is 156 g/mol. The van der Waals surface area contributed by atoms with Crippen LogP contribution in [0.1, 0.15) is 39.0 Å². The summed E-state index contributed by atoms with van der Waals surface area (Å²) in [4.78, 5) is 0. The highest BCUT2D eigenvalue weighted by Crippen LogP contribution is 2.13. The Hall–Kier alpha value is -0.0800. The van der Waals surface area contributed by atoms with Crippen LogP contribution in [0.5, 0.6) is 0 Å². The summed E-state index contributed by atoms with van der Waals surface area (Å²) in [5.74, 6) is 0. The normalized spacial score (nSPS) is 33.3. The molecule has 1 aliphatic rings. The fourth-order valence-electron chi connectivity index (χ4n) is 1.79. The molecule has 0 radical (unpaired) electrons. The van der Waals surface area contributed by atoms with E-state index in [1.54, 1.807) is 0 Å². The number of nitrogens with one attached hydrogen (secondary N) is 1. The van der Waals surface area contributed by atoms with Gasteiger partial charge in [-0.2, -0.15) is 0 Å². The topological polar surface area (TPSA) is 38.0 Å². The van der Waals surface area contributed by atoms with Crippen molar-refractivity contribution in [3.05, 3.63) is 0 Å². The molecule has 1 saturated heterocycles. The molecule has 0 saturated carbocycles. The molecule has 2 unspecified atom stereocenters. The molecule has 0 amide bonds. The summed E-state index contributed by atoms with van der Waals surface area (Å²) in [6, 6.07) is 1.31. The lowest BCUT2D eigenvalue weighted by Crippen LogP contribution is -2.40. The highest BCUT2D eigenvalue weighted by Gasteiger charge is 2.15. The fraction of sp³-hybridized carbons (Fsp3) is 1.00. The SMILES string of the molecule is CCC1CCCCC(CN)N1. The third kappa shape index (κ3) is 2.80. The van der Waals surface area contributed by atoms with Gasteiger partial charge in [-0.15, -0.1) is 0 Å². The van der Waals surface area contributed by atoms with Crippen LogP contribution in [0.25, 0.3) is 0 Å². The minimum Gasteiger partial charge on any atom is -0.329 e. The quantitative estimate of drug-likeness (QED) is 0.631. The van der Waals surface area contributed by atoms with Crippen LogP contribution in [0.4, 0.5) is 0 Å². The standard InChI is InChI=1S/C9H20N2/c1-2-8-5-3-4-6-9(7-10)11-8/h8-9,11H,2-7,10H2,1H3. The van der Waals surface area contributed by atoms with Gasteiger partial charge in [0.1, 0.15) is 0 Å². The van der Waals surface area contributed by atoms with E-state index in [4.69, 9.17) is 5.73 Å². The van der Waals surface area contributed by atoms with Crippen LogP contribution in [0, 0.1) is 0 Å². The van der Waals surface area contributed by atoms with Gasteiger partial charge in [0.05, 0.1) is 0 Å². The zero-order valence-corrected chi connectivity index (χ0v) is 7.47. The lowest BCUT2D eigenvalue weighted by Gasteiger charge is -2.19. The molecule has 66 valence electrons. The molecular weight excluding hydrogens is 136 g/mol. The molecule has 3 N–H and O–H groups in total. The Kier molecular flexibility index (Phi) is 3.87. The van der Waals surface area contributed by atoms with E-state index in [0.29, 0.717) is 6.04 Å². The molecule has 1 rings (SSSR count). The lowest BCUT2D eigenvalue weighted by molar-refractivity contribution is 0.425. The number of hydrogen-bond donors (Lipinski definition) is 2. The van der Waals surface area contributed by atoms with Crippen LogP contribution in [0.2, 0.25) is 0 Å². The van der Waals surface area contributed by atoms with E-state index in [9.17, 15) is 0 Å². The maximum Gasteiger partial charge on any atom is 0.0192 e. The molecule has 11 heavy (non-hydrogen) atoms. The summed E-state index contributed by atoms with van der Waals surface area (Å²) in [6.45, 7) is 3.05. The highest BCUT2D eigenvalue weighted by molar-refractivity contribution is 4.77. The number of hydrogen-bond acceptors (Lipinski definition) is 2. The average Bonchev–Trinajstić information content (AvgIpc) is 2.28. The summed E-state index contributed by atoms with van der Waals surface area (Å²) in [5.41, 5.74) is 5.63. The van der Waals surface area contributed by atoms with Crippen molar-refractivity contribution in [2.24, 2.45) is 5.73 Å². The molecule has 1 heterocycles. The van der Waals surface area contributed by atoms with Gasteiger partial charge in [0, 0.05) is 18.6 Å². The predicted molar refractivity (Wildman–Crippen MR) is 48.5 cm³/mol. The van der Waals surface area contributed by atoms with Gasteiger partial charge in [0.2, 0.25) is 0 Å². The Morgan fingerprint density at radius 3 is 2.45 bits per heavy atom. The Labute approximate surface area is 69.5 Å². The summed E-state index contributed by atoms with van der Waals surface area (Å²) < 4.78 is 0. The van der Waals surface area contributed by atoms with E-state index in [1.807, 2.05) is 0 Å². The van der Waals surface area contributed by atoms with Gasteiger partial charge in [0.15, 0.2) is 0 Å². The van der Waals surface area contributed by atoms with Crippen molar-refractivity contribution >= 4 is 0 Å².